The summed E-state index contributed by atoms with van der Waals surface area (Å²) >= 11 is 1.54. The smallest absolute Gasteiger partial charge is 0.411 e. The van der Waals surface area contributed by atoms with Crippen molar-refractivity contribution < 1.29 is 19.4 Å². The van der Waals surface area contributed by atoms with Crippen LogP contribution in [0.25, 0.3) is 0 Å². The summed E-state index contributed by atoms with van der Waals surface area (Å²) < 4.78 is 5.39. The highest BCUT2D eigenvalue weighted by atomic mass is 32.2. The van der Waals surface area contributed by atoms with Gasteiger partial charge >= 0.3 is 6.09 Å². The molecule has 2 fully saturated rings. The predicted molar refractivity (Wildman–Crippen MR) is 94.8 cm³/mol. The van der Waals surface area contributed by atoms with Crippen LogP contribution >= 0.6 is 11.8 Å². The van der Waals surface area contributed by atoms with E-state index in [1.807, 2.05) is 20.8 Å². The Hall–Kier alpha value is -0.950. The lowest BCUT2D eigenvalue weighted by Crippen LogP contribution is -2.51. The molecule has 1 saturated heterocycles. The minimum absolute atomic E-state index is 0.0610. The Morgan fingerprint density at radius 1 is 1.33 bits per heavy atom. The fourth-order valence-electron chi connectivity index (χ4n) is 3.29. The van der Waals surface area contributed by atoms with Gasteiger partial charge in [0.2, 0.25) is 5.91 Å². The molecule has 6 nitrogen and oxygen atoms in total. The standard InChI is InChI=1S/C17H30N2O4S/c1-17(2,3)23-16(22)19-11-24-10-14(19)15(21)18-13(9-20)8-12-6-4-5-7-12/h12-14,20H,4-11H2,1-3H3,(H,18,21). The number of aliphatic hydroxyl groups is 1. The van der Waals surface area contributed by atoms with E-state index in [4.69, 9.17) is 4.74 Å². The van der Waals surface area contributed by atoms with E-state index in [0.29, 0.717) is 17.5 Å². The van der Waals surface area contributed by atoms with Gasteiger partial charge in [-0.05, 0) is 33.1 Å². The molecule has 2 atom stereocenters. The van der Waals surface area contributed by atoms with E-state index in [9.17, 15) is 14.7 Å². The maximum atomic E-state index is 12.6. The van der Waals surface area contributed by atoms with Gasteiger partial charge in [0.05, 0.1) is 18.5 Å². The van der Waals surface area contributed by atoms with Crippen LogP contribution in [0.3, 0.4) is 0 Å². The molecule has 2 amide bonds. The molecule has 0 aromatic carbocycles. The summed E-state index contributed by atoms with van der Waals surface area (Å²) in [5.41, 5.74) is -0.582. The average molecular weight is 359 g/mol. The molecule has 138 valence electrons. The number of amides is 2. The topological polar surface area (TPSA) is 78.9 Å². The van der Waals surface area contributed by atoms with E-state index in [2.05, 4.69) is 5.32 Å². The van der Waals surface area contributed by atoms with Crippen molar-refractivity contribution in [1.29, 1.82) is 0 Å². The van der Waals surface area contributed by atoms with Gasteiger partial charge in [-0.25, -0.2) is 4.79 Å². The summed E-state index contributed by atoms with van der Waals surface area (Å²) in [6.45, 7) is 5.38. The van der Waals surface area contributed by atoms with E-state index in [0.717, 1.165) is 6.42 Å². The fraction of sp³-hybridized carbons (Fsp3) is 0.882. The molecule has 7 heteroatoms. The molecular weight excluding hydrogens is 328 g/mol. The molecule has 1 heterocycles. The van der Waals surface area contributed by atoms with Gasteiger partial charge in [-0.15, -0.1) is 11.8 Å². The molecule has 0 aromatic rings. The van der Waals surface area contributed by atoms with E-state index < -0.39 is 17.7 Å². The normalized spacial score (nSPS) is 23.3. The van der Waals surface area contributed by atoms with Crippen molar-refractivity contribution in [2.45, 2.75) is 70.6 Å². The Kier molecular flexibility index (Phi) is 6.80. The second-order valence-corrected chi connectivity index (χ2v) is 8.74. The summed E-state index contributed by atoms with van der Waals surface area (Å²) in [5.74, 6) is 1.41. The number of carbonyl (C=O) groups is 2. The van der Waals surface area contributed by atoms with Crippen LogP contribution in [0.2, 0.25) is 0 Å². The Balaban J connectivity index is 1.90. The highest BCUT2D eigenvalue weighted by Crippen LogP contribution is 2.29. The average Bonchev–Trinajstić information content (AvgIpc) is 3.15. The number of nitrogens with zero attached hydrogens (tertiary/aromatic N) is 1. The monoisotopic (exact) mass is 358 g/mol. The zero-order valence-corrected chi connectivity index (χ0v) is 15.7. The van der Waals surface area contributed by atoms with Gasteiger partial charge < -0.3 is 15.2 Å². The van der Waals surface area contributed by atoms with Crippen LogP contribution in [0.1, 0.15) is 52.9 Å². The molecule has 2 unspecified atom stereocenters. The largest absolute Gasteiger partial charge is 0.444 e. The van der Waals surface area contributed by atoms with Crippen molar-refractivity contribution in [2.24, 2.45) is 5.92 Å². The van der Waals surface area contributed by atoms with Gasteiger partial charge in [0, 0.05) is 5.75 Å². The van der Waals surface area contributed by atoms with Crippen LogP contribution in [-0.4, -0.2) is 57.9 Å². The first kappa shape index (κ1) is 19.4. The van der Waals surface area contributed by atoms with Crippen molar-refractivity contribution in [2.75, 3.05) is 18.2 Å². The summed E-state index contributed by atoms with van der Waals surface area (Å²) in [4.78, 5) is 26.3. The Labute approximate surface area is 148 Å². The number of carbonyl (C=O) groups excluding carboxylic acids is 2. The predicted octanol–water partition coefficient (Wildman–Crippen LogP) is 2.35. The first-order valence-corrected chi connectivity index (χ1v) is 9.94. The number of ether oxygens (including phenoxy) is 1. The number of hydrogen-bond acceptors (Lipinski definition) is 5. The molecule has 2 aliphatic rings. The summed E-state index contributed by atoms with van der Waals surface area (Å²) in [6.07, 6.45) is 5.19. The number of rotatable bonds is 5. The Morgan fingerprint density at radius 2 is 2.00 bits per heavy atom. The van der Waals surface area contributed by atoms with E-state index >= 15 is 0 Å². The summed E-state index contributed by atoms with van der Waals surface area (Å²) in [6, 6.07) is -0.755. The minimum Gasteiger partial charge on any atom is -0.444 e. The van der Waals surface area contributed by atoms with Crippen LogP contribution in [0.15, 0.2) is 0 Å². The third kappa shape index (κ3) is 5.55. The van der Waals surface area contributed by atoms with Crippen molar-refractivity contribution >= 4 is 23.8 Å². The van der Waals surface area contributed by atoms with Crippen LogP contribution in [0.4, 0.5) is 4.79 Å². The molecule has 0 spiro atoms. The van der Waals surface area contributed by atoms with Crippen molar-refractivity contribution in [3.63, 3.8) is 0 Å². The molecule has 1 aliphatic carbocycles. The zero-order valence-electron chi connectivity index (χ0n) is 14.9. The number of hydrogen-bond donors (Lipinski definition) is 2. The third-order valence-electron chi connectivity index (χ3n) is 4.47. The molecular formula is C17H30N2O4S. The lowest BCUT2D eigenvalue weighted by atomic mass is 9.98. The quantitative estimate of drug-likeness (QED) is 0.789. The van der Waals surface area contributed by atoms with Gasteiger partial charge in [-0.1, -0.05) is 25.7 Å². The fourth-order valence-corrected chi connectivity index (χ4v) is 4.43. The second-order valence-electron chi connectivity index (χ2n) is 7.74. The molecule has 2 N–H and O–H groups in total. The van der Waals surface area contributed by atoms with E-state index in [-0.39, 0.29) is 18.6 Å². The van der Waals surface area contributed by atoms with E-state index in [1.165, 1.54) is 30.6 Å². The van der Waals surface area contributed by atoms with Gasteiger partial charge in [0.15, 0.2) is 0 Å². The summed E-state index contributed by atoms with van der Waals surface area (Å²) in [7, 11) is 0. The molecule has 1 saturated carbocycles. The zero-order chi connectivity index (χ0) is 17.7. The number of thioether (sulfide) groups is 1. The maximum absolute atomic E-state index is 12.6. The van der Waals surface area contributed by atoms with Crippen molar-refractivity contribution in [3.05, 3.63) is 0 Å². The lowest BCUT2D eigenvalue weighted by Gasteiger charge is -2.28. The molecule has 0 radical (unpaired) electrons. The van der Waals surface area contributed by atoms with Crippen molar-refractivity contribution in [3.8, 4) is 0 Å². The number of nitrogens with one attached hydrogen (secondary N) is 1. The minimum atomic E-state index is -0.582. The van der Waals surface area contributed by atoms with E-state index in [1.54, 1.807) is 11.8 Å². The van der Waals surface area contributed by atoms with Crippen LogP contribution in [0, 0.1) is 5.92 Å². The van der Waals surface area contributed by atoms with Gasteiger partial charge in [-0.3, -0.25) is 9.69 Å². The highest BCUT2D eigenvalue weighted by molar-refractivity contribution is 7.99. The third-order valence-corrected chi connectivity index (χ3v) is 5.48. The van der Waals surface area contributed by atoms with Gasteiger partial charge in [0.1, 0.15) is 11.6 Å². The second kappa shape index (κ2) is 8.43. The first-order valence-electron chi connectivity index (χ1n) is 8.78. The Bertz CT molecular complexity index is 446. The highest BCUT2D eigenvalue weighted by Gasteiger charge is 2.38. The lowest BCUT2D eigenvalue weighted by molar-refractivity contribution is -0.126. The van der Waals surface area contributed by atoms with Crippen molar-refractivity contribution in [1.82, 2.24) is 10.2 Å². The van der Waals surface area contributed by atoms with Crippen LogP contribution < -0.4 is 5.32 Å². The Morgan fingerprint density at radius 3 is 2.58 bits per heavy atom. The van der Waals surface area contributed by atoms with Crippen LogP contribution in [0.5, 0.6) is 0 Å². The molecule has 0 bridgehead atoms. The first-order chi connectivity index (χ1) is 11.3. The molecule has 1 aliphatic heterocycles. The maximum Gasteiger partial charge on any atom is 0.411 e. The number of aliphatic hydroxyl groups excluding tert-OH is 1. The summed E-state index contributed by atoms with van der Waals surface area (Å²) in [5, 5.41) is 12.5. The molecule has 2 rings (SSSR count). The van der Waals surface area contributed by atoms with Gasteiger partial charge in [-0.2, -0.15) is 0 Å². The van der Waals surface area contributed by atoms with Crippen LogP contribution in [-0.2, 0) is 9.53 Å². The van der Waals surface area contributed by atoms with Gasteiger partial charge in [0.25, 0.3) is 0 Å². The molecule has 24 heavy (non-hydrogen) atoms. The SMILES string of the molecule is CC(C)(C)OC(=O)N1CSCC1C(=O)NC(CO)CC1CCCC1. The molecule has 0 aromatic heterocycles.